The van der Waals surface area contributed by atoms with E-state index in [-0.39, 0.29) is 6.10 Å². The molecule has 5 heteroatoms. The maximum absolute atomic E-state index is 6.16. The number of rotatable bonds is 6. The Kier molecular flexibility index (Phi) is 3.49. The van der Waals surface area contributed by atoms with Crippen LogP contribution in [0.1, 0.15) is 57.3 Å². The Morgan fingerprint density at radius 2 is 2.29 bits per heavy atom. The summed E-state index contributed by atoms with van der Waals surface area (Å²) in [6.45, 7) is 4.01. The topological polar surface area (TPSA) is 74.2 Å². The number of nitrogens with zero attached hydrogens (tertiary/aromatic N) is 2. The van der Waals surface area contributed by atoms with Crippen molar-refractivity contribution in [1.29, 1.82) is 0 Å². The van der Waals surface area contributed by atoms with E-state index >= 15 is 0 Å². The van der Waals surface area contributed by atoms with Crippen LogP contribution in [0.4, 0.5) is 0 Å². The van der Waals surface area contributed by atoms with Crippen molar-refractivity contribution in [3.05, 3.63) is 11.7 Å². The quantitative estimate of drug-likeness (QED) is 0.823. The first-order valence-corrected chi connectivity index (χ1v) is 6.24. The van der Waals surface area contributed by atoms with Gasteiger partial charge in [0.2, 0.25) is 11.7 Å². The van der Waals surface area contributed by atoms with Crippen molar-refractivity contribution in [3.8, 4) is 0 Å². The number of hydrogen-bond acceptors (Lipinski definition) is 5. The molecule has 1 aromatic rings. The van der Waals surface area contributed by atoms with Crippen LogP contribution < -0.4 is 5.73 Å². The molecule has 1 fully saturated rings. The van der Waals surface area contributed by atoms with Crippen LogP contribution in [0.15, 0.2) is 4.52 Å². The molecule has 0 bridgehead atoms. The smallest absolute Gasteiger partial charge is 0.246 e. The molecular weight excluding hydrogens is 218 g/mol. The summed E-state index contributed by atoms with van der Waals surface area (Å²) in [5.74, 6) is 1.69. The molecule has 0 amide bonds. The lowest BCUT2D eigenvalue weighted by atomic mass is 9.98. The Morgan fingerprint density at radius 3 is 2.82 bits per heavy atom. The first-order chi connectivity index (χ1) is 8.08. The highest BCUT2D eigenvalue weighted by atomic mass is 16.5. The number of nitrogens with two attached hydrogens (primary N) is 1. The van der Waals surface area contributed by atoms with E-state index in [0.29, 0.717) is 17.6 Å². The van der Waals surface area contributed by atoms with Crippen molar-refractivity contribution in [3.63, 3.8) is 0 Å². The lowest BCUT2D eigenvalue weighted by molar-refractivity contribution is 0.0751. The third-order valence-electron chi connectivity index (χ3n) is 3.26. The van der Waals surface area contributed by atoms with Gasteiger partial charge in [0.05, 0.1) is 5.54 Å². The minimum absolute atomic E-state index is 0.0371. The average molecular weight is 239 g/mol. The molecule has 1 saturated carbocycles. The van der Waals surface area contributed by atoms with E-state index in [0.717, 1.165) is 12.8 Å². The van der Waals surface area contributed by atoms with E-state index < -0.39 is 5.54 Å². The molecule has 2 unspecified atom stereocenters. The fourth-order valence-corrected chi connectivity index (χ4v) is 2.12. The molecule has 1 aromatic heterocycles. The summed E-state index contributed by atoms with van der Waals surface area (Å²) in [5, 5.41) is 4.01. The molecule has 0 spiro atoms. The van der Waals surface area contributed by atoms with E-state index in [9.17, 15) is 0 Å². The van der Waals surface area contributed by atoms with Crippen molar-refractivity contribution in [1.82, 2.24) is 10.1 Å². The Morgan fingerprint density at radius 1 is 1.59 bits per heavy atom. The van der Waals surface area contributed by atoms with Crippen molar-refractivity contribution in [2.24, 2.45) is 11.7 Å². The molecule has 1 aliphatic carbocycles. The minimum Gasteiger partial charge on any atom is -0.373 e. The Balaban J connectivity index is 2.14. The first kappa shape index (κ1) is 12.5. The third-order valence-corrected chi connectivity index (χ3v) is 3.26. The fraction of sp³-hybridized carbons (Fsp3) is 0.833. The standard InChI is InChI=1S/C12H21N3O2/c1-4-7-12(2,13)11-14-10(15-17-11)9(16-3)8-5-6-8/h8-9H,4-7,13H2,1-3H3. The van der Waals surface area contributed by atoms with Gasteiger partial charge in [-0.05, 0) is 32.1 Å². The average Bonchev–Trinajstić information content (AvgIpc) is 2.96. The summed E-state index contributed by atoms with van der Waals surface area (Å²) in [6.07, 6.45) is 4.13. The van der Waals surface area contributed by atoms with Gasteiger partial charge in [-0.25, -0.2) is 0 Å². The van der Waals surface area contributed by atoms with Crippen molar-refractivity contribution in [2.45, 2.75) is 51.2 Å². The predicted molar refractivity (Wildman–Crippen MR) is 63.2 cm³/mol. The highest BCUT2D eigenvalue weighted by molar-refractivity contribution is 5.04. The van der Waals surface area contributed by atoms with Crippen molar-refractivity contribution in [2.75, 3.05) is 7.11 Å². The fourth-order valence-electron chi connectivity index (χ4n) is 2.12. The summed E-state index contributed by atoms with van der Waals surface area (Å²) in [5.41, 5.74) is 5.62. The zero-order valence-corrected chi connectivity index (χ0v) is 10.8. The van der Waals surface area contributed by atoms with Gasteiger partial charge in [0.25, 0.3) is 0 Å². The minimum atomic E-state index is -0.540. The van der Waals surface area contributed by atoms with Gasteiger partial charge in [-0.1, -0.05) is 18.5 Å². The lowest BCUT2D eigenvalue weighted by Crippen LogP contribution is -2.33. The Bertz CT molecular complexity index is 372. The maximum Gasteiger partial charge on any atom is 0.246 e. The van der Waals surface area contributed by atoms with E-state index in [1.54, 1.807) is 7.11 Å². The molecule has 0 radical (unpaired) electrons. The van der Waals surface area contributed by atoms with Crippen LogP contribution in [0.25, 0.3) is 0 Å². The highest BCUT2D eigenvalue weighted by Crippen LogP contribution is 2.42. The molecule has 1 aliphatic rings. The van der Waals surface area contributed by atoms with Crippen LogP contribution in [-0.2, 0) is 10.3 Å². The molecule has 17 heavy (non-hydrogen) atoms. The number of methoxy groups -OCH3 is 1. The molecule has 0 aliphatic heterocycles. The van der Waals surface area contributed by atoms with Crippen molar-refractivity contribution < 1.29 is 9.26 Å². The number of ether oxygens (including phenoxy) is 1. The van der Waals surface area contributed by atoms with Gasteiger partial charge in [-0.3, -0.25) is 0 Å². The van der Waals surface area contributed by atoms with Gasteiger partial charge >= 0.3 is 0 Å². The van der Waals surface area contributed by atoms with Gasteiger partial charge in [0, 0.05) is 7.11 Å². The Hall–Kier alpha value is -0.940. The molecule has 0 saturated heterocycles. The highest BCUT2D eigenvalue weighted by Gasteiger charge is 2.37. The van der Waals surface area contributed by atoms with Gasteiger partial charge in [-0.2, -0.15) is 4.98 Å². The SMILES string of the molecule is CCCC(C)(N)c1nc(C(OC)C2CC2)no1. The number of hydrogen-bond donors (Lipinski definition) is 1. The van der Waals surface area contributed by atoms with Gasteiger partial charge in [0.15, 0.2) is 0 Å². The molecule has 1 heterocycles. The van der Waals surface area contributed by atoms with E-state index in [1.807, 2.05) is 6.92 Å². The van der Waals surface area contributed by atoms with Crippen LogP contribution in [0.3, 0.4) is 0 Å². The summed E-state index contributed by atoms with van der Waals surface area (Å²) >= 11 is 0. The molecular formula is C12H21N3O2. The Labute approximate surface area is 102 Å². The van der Waals surface area contributed by atoms with Crippen LogP contribution in [-0.4, -0.2) is 17.3 Å². The van der Waals surface area contributed by atoms with E-state index in [1.165, 1.54) is 12.8 Å². The second-order valence-electron chi connectivity index (χ2n) is 5.12. The van der Waals surface area contributed by atoms with Gasteiger partial charge in [-0.15, -0.1) is 0 Å². The lowest BCUT2D eigenvalue weighted by Gasteiger charge is -2.18. The summed E-state index contributed by atoms with van der Waals surface area (Å²) in [4.78, 5) is 4.41. The second-order valence-corrected chi connectivity index (χ2v) is 5.12. The molecule has 2 rings (SSSR count). The largest absolute Gasteiger partial charge is 0.373 e. The van der Waals surface area contributed by atoms with E-state index in [2.05, 4.69) is 17.1 Å². The third kappa shape index (κ3) is 2.66. The zero-order chi connectivity index (χ0) is 12.5. The van der Waals surface area contributed by atoms with Gasteiger partial charge < -0.3 is 15.0 Å². The number of aromatic nitrogens is 2. The van der Waals surface area contributed by atoms with Crippen molar-refractivity contribution >= 4 is 0 Å². The van der Waals surface area contributed by atoms with Crippen LogP contribution in [0, 0.1) is 5.92 Å². The van der Waals surface area contributed by atoms with Crippen LogP contribution in [0.5, 0.6) is 0 Å². The monoisotopic (exact) mass is 239 g/mol. The van der Waals surface area contributed by atoms with Crippen LogP contribution in [0.2, 0.25) is 0 Å². The zero-order valence-electron chi connectivity index (χ0n) is 10.8. The predicted octanol–water partition coefficient (Wildman–Crippen LogP) is 2.14. The second kappa shape index (κ2) is 4.74. The van der Waals surface area contributed by atoms with Gasteiger partial charge in [0.1, 0.15) is 6.10 Å². The normalized spacial score (nSPS) is 21.2. The van der Waals surface area contributed by atoms with Crippen LogP contribution >= 0.6 is 0 Å². The molecule has 96 valence electrons. The molecule has 5 nitrogen and oxygen atoms in total. The summed E-state index contributed by atoms with van der Waals surface area (Å²) in [6, 6.07) is 0. The first-order valence-electron chi connectivity index (χ1n) is 6.24. The maximum atomic E-state index is 6.16. The molecule has 0 aromatic carbocycles. The summed E-state index contributed by atoms with van der Waals surface area (Å²) < 4.78 is 10.7. The van der Waals surface area contributed by atoms with E-state index in [4.69, 9.17) is 15.0 Å². The molecule has 2 atom stereocenters. The molecule has 2 N–H and O–H groups in total. The summed E-state index contributed by atoms with van der Waals surface area (Å²) in [7, 11) is 1.69.